The monoisotopic (exact) mass is 280 g/mol. The van der Waals surface area contributed by atoms with Crippen LogP contribution >= 0.6 is 0 Å². The molecule has 1 N–H and O–H groups in total. The predicted molar refractivity (Wildman–Crippen MR) is 82.2 cm³/mol. The second-order valence-electron chi connectivity index (χ2n) is 4.89. The van der Waals surface area contributed by atoms with Gasteiger partial charge in [0.25, 0.3) is 0 Å². The summed E-state index contributed by atoms with van der Waals surface area (Å²) in [7, 11) is 0. The van der Waals surface area contributed by atoms with Crippen LogP contribution in [0.1, 0.15) is 51.6 Å². The summed E-state index contributed by atoms with van der Waals surface area (Å²) >= 11 is 0. The minimum atomic E-state index is 0.250. The highest BCUT2D eigenvalue weighted by Crippen LogP contribution is 2.22. The lowest BCUT2D eigenvalue weighted by molar-refractivity contribution is 0.0959. The third kappa shape index (κ3) is 6.35. The second-order valence-corrected chi connectivity index (χ2v) is 4.89. The van der Waals surface area contributed by atoms with E-state index in [2.05, 4.69) is 37.1 Å². The van der Waals surface area contributed by atoms with Crippen LogP contribution in [0.15, 0.2) is 18.3 Å². The summed E-state index contributed by atoms with van der Waals surface area (Å²) in [6.45, 7) is 9.43. The lowest BCUT2D eigenvalue weighted by Crippen LogP contribution is -2.20. The smallest absolute Gasteiger partial charge is 0.218 e. The molecule has 20 heavy (non-hydrogen) atoms. The van der Waals surface area contributed by atoms with E-state index in [0.29, 0.717) is 19.1 Å². The Morgan fingerprint density at radius 3 is 2.80 bits per heavy atom. The normalized spacial score (nSPS) is 12.3. The molecule has 0 aliphatic carbocycles. The minimum absolute atomic E-state index is 0.250. The second kappa shape index (κ2) is 10.6. The number of unbranched alkanes of at least 4 members (excludes halogenated alkanes) is 1. The van der Waals surface area contributed by atoms with Gasteiger partial charge in [0.1, 0.15) is 6.61 Å². The van der Waals surface area contributed by atoms with E-state index in [1.807, 2.05) is 6.07 Å². The van der Waals surface area contributed by atoms with Crippen LogP contribution in [0.5, 0.6) is 5.88 Å². The van der Waals surface area contributed by atoms with E-state index in [1.54, 1.807) is 6.20 Å². The molecule has 1 atom stereocenters. The van der Waals surface area contributed by atoms with Gasteiger partial charge in [0.2, 0.25) is 5.88 Å². The summed E-state index contributed by atoms with van der Waals surface area (Å²) in [4.78, 5) is 4.32. The molecule has 1 aromatic heterocycles. The highest BCUT2D eigenvalue weighted by atomic mass is 16.5. The van der Waals surface area contributed by atoms with Gasteiger partial charge in [-0.1, -0.05) is 26.3 Å². The van der Waals surface area contributed by atoms with Gasteiger partial charge >= 0.3 is 0 Å². The first kappa shape index (κ1) is 16.9. The van der Waals surface area contributed by atoms with Crippen LogP contribution in [0.4, 0.5) is 0 Å². The number of hydrogen-bond acceptors (Lipinski definition) is 4. The maximum atomic E-state index is 5.74. The first-order valence-electron chi connectivity index (χ1n) is 7.68. The zero-order valence-corrected chi connectivity index (χ0v) is 13.0. The molecule has 0 saturated heterocycles. The molecule has 0 radical (unpaired) electrons. The van der Waals surface area contributed by atoms with Crippen molar-refractivity contribution in [2.75, 3.05) is 26.4 Å². The molecular weight excluding hydrogens is 252 g/mol. The molecule has 114 valence electrons. The average Bonchev–Trinajstić information content (AvgIpc) is 2.48. The van der Waals surface area contributed by atoms with Gasteiger partial charge in [-0.05, 0) is 32.4 Å². The molecule has 0 aliphatic rings. The average molecular weight is 280 g/mol. The quantitative estimate of drug-likeness (QED) is 0.631. The van der Waals surface area contributed by atoms with Gasteiger partial charge < -0.3 is 14.8 Å². The van der Waals surface area contributed by atoms with E-state index in [-0.39, 0.29) is 6.04 Å². The van der Waals surface area contributed by atoms with Crippen molar-refractivity contribution in [3.05, 3.63) is 23.9 Å². The van der Waals surface area contributed by atoms with Crippen molar-refractivity contribution in [3.8, 4) is 5.88 Å². The van der Waals surface area contributed by atoms with Crippen molar-refractivity contribution >= 4 is 0 Å². The topological polar surface area (TPSA) is 43.4 Å². The van der Waals surface area contributed by atoms with Gasteiger partial charge in [-0.3, -0.25) is 0 Å². The summed E-state index contributed by atoms with van der Waals surface area (Å²) in [5.41, 5.74) is 1.11. The van der Waals surface area contributed by atoms with Crippen LogP contribution in [-0.2, 0) is 4.74 Å². The lowest BCUT2D eigenvalue weighted by atomic mass is 10.1. The Morgan fingerprint density at radius 1 is 1.20 bits per heavy atom. The fraction of sp³-hybridized carbons (Fsp3) is 0.688. The molecule has 4 heteroatoms. The number of hydrogen-bond donors (Lipinski definition) is 1. The van der Waals surface area contributed by atoms with Crippen LogP contribution < -0.4 is 10.1 Å². The van der Waals surface area contributed by atoms with Gasteiger partial charge in [0.05, 0.1) is 6.61 Å². The molecule has 1 rings (SSSR count). The third-order valence-corrected chi connectivity index (χ3v) is 3.08. The Labute approximate surface area is 122 Å². The molecule has 0 fully saturated rings. The van der Waals surface area contributed by atoms with Crippen LogP contribution in [0.3, 0.4) is 0 Å². The van der Waals surface area contributed by atoms with Gasteiger partial charge in [-0.15, -0.1) is 0 Å². The first-order valence-corrected chi connectivity index (χ1v) is 7.68. The van der Waals surface area contributed by atoms with Crippen molar-refractivity contribution in [2.45, 2.75) is 46.1 Å². The Morgan fingerprint density at radius 2 is 2.05 bits per heavy atom. The summed E-state index contributed by atoms with van der Waals surface area (Å²) in [5.74, 6) is 0.711. The standard InChI is InChI=1S/C16H28N2O2/c1-4-6-11-19-12-13-20-16-15(8-7-10-18-16)14(3)17-9-5-2/h7-8,10,14,17H,4-6,9,11-13H2,1-3H3. The molecule has 0 spiro atoms. The Bertz CT molecular complexity index is 358. The molecule has 0 aliphatic heterocycles. The Hall–Kier alpha value is -1.13. The fourth-order valence-corrected chi connectivity index (χ4v) is 1.87. The van der Waals surface area contributed by atoms with Crippen molar-refractivity contribution < 1.29 is 9.47 Å². The van der Waals surface area contributed by atoms with E-state index in [4.69, 9.17) is 9.47 Å². The highest BCUT2D eigenvalue weighted by molar-refractivity contribution is 5.28. The Kier molecular flexibility index (Phi) is 9.00. The summed E-state index contributed by atoms with van der Waals surface area (Å²) < 4.78 is 11.2. The molecule has 0 saturated carbocycles. The molecule has 0 bridgehead atoms. The molecule has 4 nitrogen and oxygen atoms in total. The van der Waals surface area contributed by atoms with Crippen LogP contribution in [0, 0.1) is 0 Å². The van der Waals surface area contributed by atoms with Crippen LogP contribution in [0.2, 0.25) is 0 Å². The molecule has 1 aromatic rings. The van der Waals surface area contributed by atoms with E-state index in [1.165, 1.54) is 0 Å². The van der Waals surface area contributed by atoms with Crippen molar-refractivity contribution in [3.63, 3.8) is 0 Å². The lowest BCUT2D eigenvalue weighted by Gasteiger charge is -2.17. The largest absolute Gasteiger partial charge is 0.475 e. The van der Waals surface area contributed by atoms with Crippen LogP contribution in [-0.4, -0.2) is 31.3 Å². The number of pyridine rings is 1. The van der Waals surface area contributed by atoms with E-state index < -0.39 is 0 Å². The number of nitrogens with one attached hydrogen (secondary N) is 1. The molecule has 0 amide bonds. The molecular formula is C16H28N2O2. The summed E-state index contributed by atoms with van der Waals surface area (Å²) in [6, 6.07) is 4.26. The van der Waals surface area contributed by atoms with Gasteiger partial charge in [-0.2, -0.15) is 0 Å². The number of aromatic nitrogens is 1. The zero-order valence-electron chi connectivity index (χ0n) is 13.0. The summed E-state index contributed by atoms with van der Waals surface area (Å²) in [5, 5.41) is 3.46. The number of nitrogens with zero attached hydrogens (tertiary/aromatic N) is 1. The highest BCUT2D eigenvalue weighted by Gasteiger charge is 2.11. The zero-order chi connectivity index (χ0) is 14.6. The maximum absolute atomic E-state index is 5.74. The number of ether oxygens (including phenoxy) is 2. The first-order chi connectivity index (χ1) is 9.79. The summed E-state index contributed by atoms with van der Waals surface area (Å²) in [6.07, 6.45) is 5.15. The maximum Gasteiger partial charge on any atom is 0.218 e. The third-order valence-electron chi connectivity index (χ3n) is 3.08. The van der Waals surface area contributed by atoms with E-state index in [0.717, 1.165) is 38.0 Å². The van der Waals surface area contributed by atoms with E-state index in [9.17, 15) is 0 Å². The van der Waals surface area contributed by atoms with Gasteiger partial charge in [0, 0.05) is 24.4 Å². The minimum Gasteiger partial charge on any atom is -0.475 e. The van der Waals surface area contributed by atoms with Crippen molar-refractivity contribution in [1.29, 1.82) is 0 Å². The van der Waals surface area contributed by atoms with E-state index >= 15 is 0 Å². The molecule has 1 unspecified atom stereocenters. The van der Waals surface area contributed by atoms with Crippen LogP contribution in [0.25, 0.3) is 0 Å². The van der Waals surface area contributed by atoms with Crippen molar-refractivity contribution in [1.82, 2.24) is 10.3 Å². The fourth-order valence-electron chi connectivity index (χ4n) is 1.87. The van der Waals surface area contributed by atoms with Crippen molar-refractivity contribution in [2.24, 2.45) is 0 Å². The molecule has 0 aromatic carbocycles. The van der Waals surface area contributed by atoms with Gasteiger partial charge in [0.15, 0.2) is 0 Å². The van der Waals surface area contributed by atoms with Gasteiger partial charge in [-0.25, -0.2) is 4.98 Å². The number of rotatable bonds is 11. The molecule has 1 heterocycles. The SMILES string of the molecule is CCCCOCCOc1ncccc1C(C)NCCC. The Balaban J connectivity index is 2.40. The predicted octanol–water partition coefficient (Wildman–Crippen LogP) is 3.34.